The smallest absolute Gasteiger partial charge is 0.261 e. The molecule has 2 aromatic carbocycles. The Morgan fingerprint density at radius 1 is 1.04 bits per heavy atom. The predicted octanol–water partition coefficient (Wildman–Crippen LogP) is 4.81. The molecule has 3 fully saturated rings. The van der Waals surface area contributed by atoms with E-state index in [4.69, 9.17) is 0 Å². The maximum absolute atomic E-state index is 12.9. The average Bonchev–Trinajstić information content (AvgIpc) is 3.14. The lowest BCUT2D eigenvalue weighted by Crippen LogP contribution is -2.57. The van der Waals surface area contributed by atoms with Gasteiger partial charge in [0.05, 0.1) is 4.88 Å². The molecule has 1 amide bonds. The maximum atomic E-state index is 12.9. The van der Waals surface area contributed by atoms with E-state index >= 15 is 0 Å². The number of nitrogens with zero attached hydrogens (tertiary/aromatic N) is 1. The van der Waals surface area contributed by atoms with Crippen molar-refractivity contribution in [2.75, 3.05) is 19.6 Å². The molecule has 0 spiro atoms. The number of carbonyl (C=O) groups excluding carboxylic acids is 1. The largest absolute Gasteiger partial charge is 0.347 e. The molecule has 0 saturated carbocycles. The number of carbonyl (C=O) groups is 1. The summed E-state index contributed by atoms with van der Waals surface area (Å²) in [7, 11) is 0. The van der Waals surface area contributed by atoms with Crippen LogP contribution in [-0.4, -0.2) is 36.5 Å². The van der Waals surface area contributed by atoms with Crippen LogP contribution in [0.4, 0.5) is 0 Å². The molecule has 1 N–H and O–H groups in total. The molecule has 4 heterocycles. The quantitative estimate of drug-likeness (QED) is 0.686. The Bertz CT molecular complexity index is 947. The minimum absolute atomic E-state index is 0. The van der Waals surface area contributed by atoms with Gasteiger partial charge in [-0.15, -0.1) is 23.7 Å². The molecule has 0 unspecified atom stereocenters. The number of nitrogens with one attached hydrogen (secondary N) is 1. The van der Waals surface area contributed by atoms with E-state index in [1.165, 1.54) is 41.8 Å². The zero-order valence-electron chi connectivity index (χ0n) is 15.1. The maximum Gasteiger partial charge on any atom is 0.261 e. The van der Waals surface area contributed by atoms with Crippen LogP contribution in [0.25, 0.3) is 21.2 Å². The zero-order chi connectivity index (χ0) is 17.5. The molecule has 140 valence electrons. The molecule has 3 aromatic rings. The number of hydrogen-bond acceptors (Lipinski definition) is 3. The van der Waals surface area contributed by atoms with Gasteiger partial charge in [0.15, 0.2) is 0 Å². The predicted molar refractivity (Wildman–Crippen MR) is 115 cm³/mol. The molecule has 27 heavy (non-hydrogen) atoms. The van der Waals surface area contributed by atoms with E-state index in [-0.39, 0.29) is 18.3 Å². The molecule has 2 bridgehead atoms. The third-order valence-electron chi connectivity index (χ3n) is 5.83. The Morgan fingerprint density at radius 2 is 1.81 bits per heavy atom. The number of amides is 1. The highest BCUT2D eigenvalue weighted by atomic mass is 35.5. The molecule has 3 aliphatic heterocycles. The average molecular weight is 399 g/mol. The first-order chi connectivity index (χ1) is 12.8. The Morgan fingerprint density at radius 3 is 2.52 bits per heavy atom. The van der Waals surface area contributed by atoms with Crippen molar-refractivity contribution in [1.82, 2.24) is 10.2 Å². The monoisotopic (exact) mass is 398 g/mol. The number of rotatable bonds is 3. The first-order valence-electron chi connectivity index (χ1n) is 9.39. The highest BCUT2D eigenvalue weighted by Crippen LogP contribution is 2.35. The second-order valence-electron chi connectivity index (χ2n) is 7.42. The van der Waals surface area contributed by atoms with Crippen LogP contribution in [0, 0.1) is 5.92 Å². The van der Waals surface area contributed by atoms with Crippen LogP contribution < -0.4 is 5.32 Å². The van der Waals surface area contributed by atoms with E-state index in [1.54, 1.807) is 11.3 Å². The summed E-state index contributed by atoms with van der Waals surface area (Å²) in [4.78, 5) is 16.2. The van der Waals surface area contributed by atoms with Gasteiger partial charge in [0.1, 0.15) is 0 Å². The summed E-state index contributed by atoms with van der Waals surface area (Å²) >= 11 is 1.61. The summed E-state index contributed by atoms with van der Waals surface area (Å²) in [6, 6.07) is 19.1. The fourth-order valence-corrected chi connectivity index (χ4v) is 5.49. The lowest BCUT2D eigenvalue weighted by molar-refractivity contribution is 0.0622. The van der Waals surface area contributed by atoms with Crippen molar-refractivity contribution in [3.63, 3.8) is 0 Å². The Hall–Kier alpha value is -1.88. The normalized spacial score (nSPS) is 23.8. The van der Waals surface area contributed by atoms with E-state index in [9.17, 15) is 4.79 Å². The molecule has 3 aliphatic rings. The van der Waals surface area contributed by atoms with Crippen LogP contribution in [0.15, 0.2) is 54.6 Å². The highest BCUT2D eigenvalue weighted by molar-refractivity contribution is 7.21. The minimum atomic E-state index is 0. The van der Waals surface area contributed by atoms with Gasteiger partial charge in [-0.1, -0.05) is 48.5 Å². The van der Waals surface area contributed by atoms with E-state index in [0.717, 1.165) is 16.8 Å². The van der Waals surface area contributed by atoms with Crippen LogP contribution in [0.5, 0.6) is 0 Å². The van der Waals surface area contributed by atoms with Gasteiger partial charge in [-0.2, -0.15) is 0 Å². The van der Waals surface area contributed by atoms with Crippen LogP contribution in [0.1, 0.15) is 22.5 Å². The van der Waals surface area contributed by atoms with Gasteiger partial charge in [-0.25, -0.2) is 0 Å². The topological polar surface area (TPSA) is 32.3 Å². The summed E-state index contributed by atoms with van der Waals surface area (Å²) in [6.07, 6.45) is 2.44. The molecule has 0 aliphatic carbocycles. The first kappa shape index (κ1) is 18.5. The van der Waals surface area contributed by atoms with E-state index in [2.05, 4.69) is 52.7 Å². The third kappa shape index (κ3) is 3.49. The number of thiophene rings is 1. The van der Waals surface area contributed by atoms with Gasteiger partial charge >= 0.3 is 0 Å². The summed E-state index contributed by atoms with van der Waals surface area (Å²) in [5.74, 6) is 0.738. The van der Waals surface area contributed by atoms with Crippen LogP contribution in [0.3, 0.4) is 0 Å². The Kier molecular flexibility index (Phi) is 5.22. The lowest BCUT2D eigenvalue weighted by Gasteiger charge is -2.44. The lowest BCUT2D eigenvalue weighted by atomic mass is 9.84. The van der Waals surface area contributed by atoms with Crippen LogP contribution in [-0.2, 0) is 0 Å². The fourth-order valence-electron chi connectivity index (χ4n) is 4.39. The molecule has 5 heteroatoms. The summed E-state index contributed by atoms with van der Waals surface area (Å²) in [5, 5.41) is 4.47. The van der Waals surface area contributed by atoms with E-state index < -0.39 is 0 Å². The first-order valence-corrected chi connectivity index (χ1v) is 10.2. The zero-order valence-corrected chi connectivity index (χ0v) is 16.7. The number of fused-ring (bicyclic) bond motifs is 4. The molecule has 6 rings (SSSR count). The molecule has 3 nitrogen and oxygen atoms in total. The van der Waals surface area contributed by atoms with Gasteiger partial charge in [-0.05, 0) is 54.4 Å². The van der Waals surface area contributed by atoms with Crippen molar-refractivity contribution in [2.45, 2.75) is 18.9 Å². The van der Waals surface area contributed by atoms with Gasteiger partial charge in [0.25, 0.3) is 5.91 Å². The summed E-state index contributed by atoms with van der Waals surface area (Å²) in [6.45, 7) is 3.40. The van der Waals surface area contributed by atoms with Gasteiger partial charge in [0.2, 0.25) is 0 Å². The summed E-state index contributed by atoms with van der Waals surface area (Å²) in [5.41, 5.74) is 2.40. The number of piperidine rings is 3. The second kappa shape index (κ2) is 7.63. The van der Waals surface area contributed by atoms with E-state index in [1.807, 2.05) is 12.1 Å². The van der Waals surface area contributed by atoms with Crippen molar-refractivity contribution in [2.24, 2.45) is 5.92 Å². The van der Waals surface area contributed by atoms with Crippen molar-refractivity contribution in [1.29, 1.82) is 0 Å². The number of benzene rings is 2. The van der Waals surface area contributed by atoms with Gasteiger partial charge in [-0.3, -0.25) is 4.79 Å². The standard InChI is InChI=1S/C22H22N2OS.ClH/c25-22(23-19-14-24-11-9-16(19)10-12-24)20-13-17-7-4-8-18(21(17)26-20)15-5-2-1-3-6-15;/h1-8,13,16,19H,9-12,14H2,(H,23,25);1H/t19-;/m0./s1. The highest BCUT2D eigenvalue weighted by Gasteiger charge is 2.35. The van der Waals surface area contributed by atoms with Crippen LogP contribution in [0.2, 0.25) is 0 Å². The second-order valence-corrected chi connectivity index (χ2v) is 8.47. The van der Waals surface area contributed by atoms with Crippen LogP contribution >= 0.6 is 23.7 Å². The SMILES string of the molecule is Cl.O=C(N[C@H]1CN2CCC1CC2)c1cc2cccc(-c3ccccc3)c2s1. The van der Waals surface area contributed by atoms with E-state index in [0.29, 0.717) is 12.0 Å². The molecule has 0 radical (unpaired) electrons. The fraction of sp³-hybridized carbons (Fsp3) is 0.318. The van der Waals surface area contributed by atoms with Crippen molar-refractivity contribution in [3.8, 4) is 11.1 Å². The third-order valence-corrected chi connectivity index (χ3v) is 7.01. The number of halogens is 1. The molecular formula is C22H23ClN2OS. The minimum Gasteiger partial charge on any atom is -0.347 e. The number of hydrogen-bond donors (Lipinski definition) is 1. The molecule has 1 aromatic heterocycles. The Balaban J connectivity index is 0.00000180. The van der Waals surface area contributed by atoms with Crippen molar-refractivity contribution >= 4 is 39.7 Å². The van der Waals surface area contributed by atoms with Gasteiger partial charge < -0.3 is 10.2 Å². The molecule has 3 saturated heterocycles. The molecule has 1 atom stereocenters. The van der Waals surface area contributed by atoms with Crippen molar-refractivity contribution in [3.05, 3.63) is 59.5 Å². The molecular weight excluding hydrogens is 376 g/mol. The van der Waals surface area contributed by atoms with Gasteiger partial charge in [0, 0.05) is 17.3 Å². The van der Waals surface area contributed by atoms with Crippen molar-refractivity contribution < 1.29 is 4.79 Å². The summed E-state index contributed by atoms with van der Waals surface area (Å²) < 4.78 is 1.19. The Labute approximate surface area is 169 Å².